The summed E-state index contributed by atoms with van der Waals surface area (Å²) in [5, 5.41) is 7.51. The SMILES string of the molecule is CSCCNC(=NCC(=O)N(C)C)NCCc1c[nH]c2cc(F)ccc12.I. The smallest absolute Gasteiger partial charge is 0.243 e. The van der Waals surface area contributed by atoms with Crippen LogP contribution in [-0.4, -0.2) is 67.5 Å². The number of fused-ring (bicyclic) bond motifs is 1. The van der Waals surface area contributed by atoms with Gasteiger partial charge < -0.3 is 20.5 Å². The van der Waals surface area contributed by atoms with E-state index in [-0.39, 0.29) is 42.2 Å². The van der Waals surface area contributed by atoms with Gasteiger partial charge in [0.05, 0.1) is 0 Å². The third kappa shape index (κ3) is 7.57. The van der Waals surface area contributed by atoms with Crippen molar-refractivity contribution < 1.29 is 9.18 Å². The molecule has 0 saturated carbocycles. The van der Waals surface area contributed by atoms with Crippen molar-refractivity contribution in [3.63, 3.8) is 0 Å². The second-order valence-corrected chi connectivity index (χ2v) is 7.04. The van der Waals surface area contributed by atoms with Crippen LogP contribution >= 0.6 is 35.7 Å². The molecule has 9 heteroatoms. The van der Waals surface area contributed by atoms with Gasteiger partial charge in [-0.2, -0.15) is 11.8 Å². The Morgan fingerprint density at radius 1 is 1.30 bits per heavy atom. The molecule has 1 aromatic heterocycles. The Morgan fingerprint density at radius 2 is 2.04 bits per heavy atom. The molecule has 0 fully saturated rings. The standard InChI is InChI=1S/C18H26FN5OS.HI/c1-24(2)17(25)12-23-18(21-8-9-26-3)20-7-6-13-11-22-16-10-14(19)4-5-15(13)16;/h4-5,10-11,22H,6-9,12H2,1-3H3,(H2,20,21,23);1H. The van der Waals surface area contributed by atoms with Gasteiger partial charge in [-0.25, -0.2) is 9.38 Å². The summed E-state index contributed by atoms with van der Waals surface area (Å²) in [6, 6.07) is 4.75. The maximum absolute atomic E-state index is 13.3. The fraction of sp³-hybridized carbons (Fsp3) is 0.444. The molecule has 0 spiro atoms. The number of aromatic amines is 1. The number of H-pyrrole nitrogens is 1. The number of amides is 1. The molecule has 0 unspecified atom stereocenters. The van der Waals surface area contributed by atoms with Crippen molar-refractivity contribution in [1.82, 2.24) is 20.5 Å². The highest BCUT2D eigenvalue weighted by molar-refractivity contribution is 14.0. The summed E-state index contributed by atoms with van der Waals surface area (Å²) in [6.07, 6.45) is 4.71. The molecule has 2 aromatic rings. The molecule has 1 aromatic carbocycles. The first-order valence-corrected chi connectivity index (χ1v) is 9.87. The first kappa shape index (κ1) is 23.5. The van der Waals surface area contributed by atoms with Gasteiger partial charge in [-0.05, 0) is 36.4 Å². The molecule has 0 aliphatic rings. The molecule has 0 aliphatic carbocycles. The highest BCUT2D eigenvalue weighted by Crippen LogP contribution is 2.19. The fourth-order valence-electron chi connectivity index (χ4n) is 2.41. The molecule has 150 valence electrons. The average Bonchev–Trinajstić information content (AvgIpc) is 3.01. The third-order valence-corrected chi connectivity index (χ3v) is 4.50. The number of likely N-dealkylation sites (N-methyl/N-ethyl adjacent to an activating group) is 1. The topological polar surface area (TPSA) is 72.5 Å². The van der Waals surface area contributed by atoms with E-state index in [4.69, 9.17) is 0 Å². The molecule has 6 nitrogen and oxygen atoms in total. The van der Waals surface area contributed by atoms with Crippen molar-refractivity contribution in [2.75, 3.05) is 45.7 Å². The number of carbonyl (C=O) groups is 1. The summed E-state index contributed by atoms with van der Waals surface area (Å²) >= 11 is 1.74. The largest absolute Gasteiger partial charge is 0.361 e. The molecular weight excluding hydrogens is 480 g/mol. The number of nitrogens with zero attached hydrogens (tertiary/aromatic N) is 2. The van der Waals surface area contributed by atoms with E-state index in [1.54, 1.807) is 31.9 Å². The van der Waals surface area contributed by atoms with Gasteiger partial charge in [0, 0.05) is 50.0 Å². The molecule has 2 rings (SSSR count). The van der Waals surface area contributed by atoms with Gasteiger partial charge in [0.15, 0.2) is 5.96 Å². The van der Waals surface area contributed by atoms with Gasteiger partial charge >= 0.3 is 0 Å². The van der Waals surface area contributed by atoms with Crippen LogP contribution in [0.2, 0.25) is 0 Å². The summed E-state index contributed by atoms with van der Waals surface area (Å²) < 4.78 is 13.3. The predicted molar refractivity (Wildman–Crippen MR) is 123 cm³/mol. The lowest BCUT2D eigenvalue weighted by atomic mass is 10.1. The zero-order valence-corrected chi connectivity index (χ0v) is 19.0. The van der Waals surface area contributed by atoms with Crippen LogP contribution in [0, 0.1) is 5.82 Å². The summed E-state index contributed by atoms with van der Waals surface area (Å²) in [6.45, 7) is 1.54. The van der Waals surface area contributed by atoms with E-state index in [1.165, 1.54) is 17.0 Å². The van der Waals surface area contributed by atoms with Gasteiger partial charge in [-0.3, -0.25) is 4.79 Å². The summed E-state index contributed by atoms with van der Waals surface area (Å²) in [5.74, 6) is 1.29. The van der Waals surface area contributed by atoms with E-state index in [0.717, 1.165) is 35.2 Å². The number of halogens is 2. The first-order chi connectivity index (χ1) is 12.5. The average molecular weight is 507 g/mol. The van der Waals surface area contributed by atoms with Gasteiger partial charge in [0.1, 0.15) is 12.4 Å². The van der Waals surface area contributed by atoms with E-state index in [9.17, 15) is 9.18 Å². The van der Waals surface area contributed by atoms with E-state index in [2.05, 4.69) is 20.6 Å². The van der Waals surface area contributed by atoms with E-state index in [1.807, 2.05) is 12.5 Å². The fourth-order valence-corrected chi connectivity index (χ4v) is 2.72. The number of hydrogen-bond donors (Lipinski definition) is 3. The van der Waals surface area contributed by atoms with Crippen LogP contribution in [0.15, 0.2) is 29.4 Å². The zero-order chi connectivity index (χ0) is 18.9. The minimum atomic E-state index is -0.248. The number of aromatic nitrogens is 1. The molecule has 0 bridgehead atoms. The highest BCUT2D eigenvalue weighted by atomic mass is 127. The number of aliphatic imine (C=N–C) groups is 1. The molecular formula is C18H27FIN5OS. The van der Waals surface area contributed by atoms with Crippen molar-refractivity contribution in [2.45, 2.75) is 6.42 Å². The minimum absolute atomic E-state index is 0. The lowest BCUT2D eigenvalue weighted by molar-refractivity contribution is -0.127. The Labute approximate surface area is 180 Å². The third-order valence-electron chi connectivity index (χ3n) is 3.89. The van der Waals surface area contributed by atoms with Crippen molar-refractivity contribution in [3.05, 3.63) is 35.8 Å². The Bertz CT molecular complexity index is 765. The van der Waals surface area contributed by atoms with Gasteiger partial charge in [-0.1, -0.05) is 0 Å². The number of rotatable bonds is 8. The van der Waals surface area contributed by atoms with Crippen LogP contribution in [0.1, 0.15) is 5.56 Å². The maximum atomic E-state index is 13.3. The van der Waals surface area contributed by atoms with Gasteiger partial charge in [-0.15, -0.1) is 24.0 Å². The normalized spacial score (nSPS) is 11.2. The van der Waals surface area contributed by atoms with E-state index in [0.29, 0.717) is 12.5 Å². The zero-order valence-electron chi connectivity index (χ0n) is 15.8. The molecule has 27 heavy (non-hydrogen) atoms. The maximum Gasteiger partial charge on any atom is 0.243 e. The Morgan fingerprint density at radius 3 is 2.74 bits per heavy atom. The molecule has 3 N–H and O–H groups in total. The Kier molecular flexibility index (Phi) is 10.5. The first-order valence-electron chi connectivity index (χ1n) is 8.48. The number of benzene rings is 1. The molecule has 0 radical (unpaired) electrons. The Hall–Kier alpha value is -1.49. The van der Waals surface area contributed by atoms with Crippen LogP contribution in [0.25, 0.3) is 10.9 Å². The van der Waals surface area contributed by atoms with Crippen molar-refractivity contribution in [2.24, 2.45) is 4.99 Å². The molecule has 0 atom stereocenters. The monoisotopic (exact) mass is 507 g/mol. The van der Waals surface area contributed by atoms with Crippen LogP contribution in [0.4, 0.5) is 4.39 Å². The molecule has 1 heterocycles. The van der Waals surface area contributed by atoms with Crippen molar-refractivity contribution in [1.29, 1.82) is 0 Å². The molecule has 0 saturated heterocycles. The van der Waals surface area contributed by atoms with Crippen molar-refractivity contribution in [3.8, 4) is 0 Å². The predicted octanol–water partition coefficient (Wildman–Crippen LogP) is 2.45. The van der Waals surface area contributed by atoms with Crippen LogP contribution in [0.3, 0.4) is 0 Å². The van der Waals surface area contributed by atoms with E-state index < -0.39 is 0 Å². The molecule has 1 amide bonds. The summed E-state index contributed by atoms with van der Waals surface area (Å²) in [4.78, 5) is 20.7. The second kappa shape index (κ2) is 12.1. The van der Waals surface area contributed by atoms with E-state index >= 15 is 0 Å². The van der Waals surface area contributed by atoms with Gasteiger partial charge in [0.25, 0.3) is 0 Å². The second-order valence-electron chi connectivity index (χ2n) is 6.05. The minimum Gasteiger partial charge on any atom is -0.361 e. The number of hydrogen-bond acceptors (Lipinski definition) is 3. The van der Waals surface area contributed by atoms with Crippen LogP contribution < -0.4 is 10.6 Å². The van der Waals surface area contributed by atoms with Crippen LogP contribution in [-0.2, 0) is 11.2 Å². The van der Waals surface area contributed by atoms with Crippen LogP contribution in [0.5, 0.6) is 0 Å². The molecule has 0 aliphatic heterocycles. The quantitative estimate of drug-likeness (QED) is 0.222. The van der Waals surface area contributed by atoms with Crippen molar-refractivity contribution >= 4 is 58.5 Å². The number of nitrogens with one attached hydrogen (secondary N) is 3. The summed E-state index contributed by atoms with van der Waals surface area (Å²) in [5.41, 5.74) is 1.91. The van der Waals surface area contributed by atoms with Gasteiger partial charge in [0.2, 0.25) is 5.91 Å². The number of carbonyl (C=O) groups excluding carboxylic acids is 1. The number of guanidine groups is 1. The highest BCUT2D eigenvalue weighted by Gasteiger charge is 2.07. The lowest BCUT2D eigenvalue weighted by Crippen LogP contribution is -2.40. The Balaban J connectivity index is 0.00000364. The number of thioether (sulfide) groups is 1. The summed E-state index contributed by atoms with van der Waals surface area (Å²) in [7, 11) is 3.43. The lowest BCUT2D eigenvalue weighted by Gasteiger charge is -2.13.